The standard InChI is InChI=1S/C15H17N3O3/c1-20-13-4-2-3-12(11-13)17-6-8-18(9-7-17)15(19)14-5-10-21-16-14/h2-5,10-11H,6-9H2,1H3. The number of carbonyl (C=O) groups excluding carboxylic acids is 1. The maximum atomic E-state index is 12.2. The molecule has 1 aromatic carbocycles. The van der Waals surface area contributed by atoms with Crippen molar-refractivity contribution in [3.8, 4) is 5.75 Å². The van der Waals surface area contributed by atoms with Crippen LogP contribution in [0.2, 0.25) is 0 Å². The minimum atomic E-state index is -0.0750. The number of rotatable bonds is 3. The molecule has 3 rings (SSSR count). The smallest absolute Gasteiger partial charge is 0.276 e. The number of methoxy groups -OCH3 is 1. The number of ether oxygens (including phenoxy) is 1. The monoisotopic (exact) mass is 287 g/mol. The van der Waals surface area contributed by atoms with E-state index in [1.807, 2.05) is 18.2 Å². The average molecular weight is 287 g/mol. The van der Waals surface area contributed by atoms with E-state index in [2.05, 4.69) is 16.1 Å². The summed E-state index contributed by atoms with van der Waals surface area (Å²) in [6.07, 6.45) is 1.42. The number of carbonyl (C=O) groups is 1. The lowest BCUT2D eigenvalue weighted by molar-refractivity contribution is 0.0736. The molecule has 0 N–H and O–H groups in total. The maximum absolute atomic E-state index is 12.2. The molecule has 0 aliphatic carbocycles. The van der Waals surface area contributed by atoms with Crippen LogP contribution in [-0.2, 0) is 0 Å². The quantitative estimate of drug-likeness (QED) is 0.859. The van der Waals surface area contributed by atoms with Gasteiger partial charge in [-0.3, -0.25) is 4.79 Å². The molecule has 2 heterocycles. The summed E-state index contributed by atoms with van der Waals surface area (Å²) in [5.74, 6) is 0.766. The Kier molecular flexibility index (Phi) is 3.77. The van der Waals surface area contributed by atoms with Gasteiger partial charge in [0, 0.05) is 44.0 Å². The van der Waals surface area contributed by atoms with E-state index in [1.54, 1.807) is 18.1 Å². The first-order valence-electron chi connectivity index (χ1n) is 6.86. The topological polar surface area (TPSA) is 58.8 Å². The number of benzene rings is 1. The second-order valence-electron chi connectivity index (χ2n) is 4.87. The molecule has 1 amide bonds. The number of hydrogen-bond acceptors (Lipinski definition) is 5. The minimum Gasteiger partial charge on any atom is -0.497 e. The predicted octanol–water partition coefficient (Wildman–Crippen LogP) is 1.65. The molecule has 6 heteroatoms. The third-order valence-corrected chi connectivity index (χ3v) is 3.64. The van der Waals surface area contributed by atoms with Gasteiger partial charge in [-0.15, -0.1) is 0 Å². The molecule has 1 saturated heterocycles. The van der Waals surface area contributed by atoms with E-state index in [9.17, 15) is 4.79 Å². The van der Waals surface area contributed by atoms with Crippen LogP contribution in [0.25, 0.3) is 0 Å². The third-order valence-electron chi connectivity index (χ3n) is 3.64. The molecule has 1 aliphatic rings. The first kappa shape index (κ1) is 13.5. The Labute approximate surface area is 122 Å². The van der Waals surface area contributed by atoms with Crippen molar-refractivity contribution in [2.75, 3.05) is 38.2 Å². The van der Waals surface area contributed by atoms with Crippen molar-refractivity contribution in [2.24, 2.45) is 0 Å². The van der Waals surface area contributed by atoms with Gasteiger partial charge in [0.25, 0.3) is 5.91 Å². The Morgan fingerprint density at radius 3 is 2.71 bits per heavy atom. The summed E-state index contributed by atoms with van der Waals surface area (Å²) in [5, 5.41) is 3.69. The van der Waals surface area contributed by atoms with Crippen LogP contribution in [-0.4, -0.2) is 49.3 Å². The van der Waals surface area contributed by atoms with E-state index in [4.69, 9.17) is 9.26 Å². The van der Waals surface area contributed by atoms with E-state index in [1.165, 1.54) is 6.26 Å². The number of hydrogen-bond donors (Lipinski definition) is 0. The van der Waals surface area contributed by atoms with Gasteiger partial charge in [-0.2, -0.15) is 0 Å². The number of piperazine rings is 1. The number of amides is 1. The van der Waals surface area contributed by atoms with Gasteiger partial charge in [-0.25, -0.2) is 0 Å². The Balaban J connectivity index is 1.63. The first-order chi connectivity index (χ1) is 10.3. The summed E-state index contributed by atoms with van der Waals surface area (Å²) < 4.78 is 9.96. The van der Waals surface area contributed by atoms with Crippen molar-refractivity contribution < 1.29 is 14.1 Å². The van der Waals surface area contributed by atoms with Gasteiger partial charge in [-0.05, 0) is 12.1 Å². The average Bonchev–Trinajstić information content (AvgIpc) is 3.09. The summed E-state index contributed by atoms with van der Waals surface area (Å²) in [4.78, 5) is 16.2. The molecular formula is C15H17N3O3. The molecule has 2 aromatic rings. The lowest BCUT2D eigenvalue weighted by Crippen LogP contribution is -2.48. The lowest BCUT2D eigenvalue weighted by Gasteiger charge is -2.35. The van der Waals surface area contributed by atoms with Crippen molar-refractivity contribution in [2.45, 2.75) is 0 Å². The molecule has 110 valence electrons. The SMILES string of the molecule is COc1cccc(N2CCN(C(=O)c3ccon3)CC2)c1. The fourth-order valence-electron chi connectivity index (χ4n) is 2.46. The first-order valence-corrected chi connectivity index (χ1v) is 6.86. The van der Waals surface area contributed by atoms with Crippen molar-refractivity contribution in [1.82, 2.24) is 10.1 Å². The molecule has 0 spiro atoms. The summed E-state index contributed by atoms with van der Waals surface area (Å²) in [5.41, 5.74) is 1.48. The second kappa shape index (κ2) is 5.87. The lowest BCUT2D eigenvalue weighted by atomic mass is 10.2. The highest BCUT2D eigenvalue weighted by molar-refractivity contribution is 5.92. The highest BCUT2D eigenvalue weighted by Crippen LogP contribution is 2.22. The van der Waals surface area contributed by atoms with E-state index < -0.39 is 0 Å². The van der Waals surface area contributed by atoms with Crippen molar-refractivity contribution >= 4 is 11.6 Å². The fraction of sp³-hybridized carbons (Fsp3) is 0.333. The Morgan fingerprint density at radius 1 is 1.24 bits per heavy atom. The van der Waals surface area contributed by atoms with Gasteiger partial charge in [0.1, 0.15) is 12.0 Å². The second-order valence-corrected chi connectivity index (χ2v) is 4.87. The van der Waals surface area contributed by atoms with Crippen molar-refractivity contribution in [3.63, 3.8) is 0 Å². The third kappa shape index (κ3) is 2.84. The van der Waals surface area contributed by atoms with E-state index in [0.717, 1.165) is 24.5 Å². The fourth-order valence-corrected chi connectivity index (χ4v) is 2.46. The van der Waals surface area contributed by atoms with Crippen LogP contribution in [0.4, 0.5) is 5.69 Å². The van der Waals surface area contributed by atoms with Crippen molar-refractivity contribution in [3.05, 3.63) is 42.3 Å². The van der Waals surface area contributed by atoms with Gasteiger partial charge < -0.3 is 19.1 Å². The van der Waals surface area contributed by atoms with Crippen LogP contribution in [0.3, 0.4) is 0 Å². The Morgan fingerprint density at radius 2 is 2.05 bits per heavy atom. The minimum absolute atomic E-state index is 0.0750. The summed E-state index contributed by atoms with van der Waals surface area (Å²) in [7, 11) is 1.66. The van der Waals surface area contributed by atoms with Crippen LogP contribution in [0, 0.1) is 0 Å². The zero-order valence-electron chi connectivity index (χ0n) is 11.9. The van der Waals surface area contributed by atoms with Gasteiger partial charge >= 0.3 is 0 Å². The van der Waals surface area contributed by atoms with Gasteiger partial charge in [0.15, 0.2) is 5.69 Å². The zero-order chi connectivity index (χ0) is 14.7. The molecule has 0 bridgehead atoms. The summed E-state index contributed by atoms with van der Waals surface area (Å²) >= 11 is 0. The molecule has 21 heavy (non-hydrogen) atoms. The van der Waals surface area contributed by atoms with Crippen LogP contribution in [0.1, 0.15) is 10.5 Å². The van der Waals surface area contributed by atoms with Crippen LogP contribution in [0.15, 0.2) is 41.1 Å². The van der Waals surface area contributed by atoms with Crippen LogP contribution in [0.5, 0.6) is 5.75 Å². The molecule has 0 radical (unpaired) electrons. The molecule has 0 unspecified atom stereocenters. The van der Waals surface area contributed by atoms with E-state index in [0.29, 0.717) is 18.8 Å². The van der Waals surface area contributed by atoms with E-state index >= 15 is 0 Å². The predicted molar refractivity (Wildman–Crippen MR) is 77.6 cm³/mol. The highest BCUT2D eigenvalue weighted by Gasteiger charge is 2.23. The molecule has 0 atom stereocenters. The Bertz CT molecular complexity index is 604. The highest BCUT2D eigenvalue weighted by atomic mass is 16.5. The number of nitrogens with zero attached hydrogens (tertiary/aromatic N) is 3. The molecule has 6 nitrogen and oxygen atoms in total. The van der Waals surface area contributed by atoms with Crippen LogP contribution >= 0.6 is 0 Å². The largest absolute Gasteiger partial charge is 0.497 e. The number of anilines is 1. The van der Waals surface area contributed by atoms with Gasteiger partial charge in [0.05, 0.1) is 7.11 Å². The molecule has 1 aromatic heterocycles. The molecule has 1 aliphatic heterocycles. The van der Waals surface area contributed by atoms with Crippen LogP contribution < -0.4 is 9.64 Å². The molecule has 0 saturated carbocycles. The normalized spacial score (nSPS) is 15.1. The van der Waals surface area contributed by atoms with Gasteiger partial charge in [0.2, 0.25) is 0 Å². The summed E-state index contributed by atoms with van der Waals surface area (Å²) in [6, 6.07) is 9.55. The zero-order valence-corrected chi connectivity index (χ0v) is 11.9. The molecule has 1 fully saturated rings. The van der Waals surface area contributed by atoms with Gasteiger partial charge in [-0.1, -0.05) is 11.2 Å². The number of aromatic nitrogens is 1. The van der Waals surface area contributed by atoms with E-state index in [-0.39, 0.29) is 5.91 Å². The maximum Gasteiger partial charge on any atom is 0.276 e. The Hall–Kier alpha value is -2.50. The molecular weight excluding hydrogens is 270 g/mol. The van der Waals surface area contributed by atoms with Crippen molar-refractivity contribution in [1.29, 1.82) is 0 Å². The summed E-state index contributed by atoms with van der Waals surface area (Å²) in [6.45, 7) is 2.92.